The summed E-state index contributed by atoms with van der Waals surface area (Å²) in [5.74, 6) is 0. The highest BCUT2D eigenvalue weighted by Gasteiger charge is 2.08. The number of halogens is 2. The highest BCUT2D eigenvalue weighted by Crippen LogP contribution is 2.34. The summed E-state index contributed by atoms with van der Waals surface area (Å²) in [5, 5.41) is 9.81. The molecule has 0 N–H and O–H groups in total. The lowest BCUT2D eigenvalue weighted by Crippen LogP contribution is -1.88. The minimum Gasteiger partial charge on any atom is -0.264 e. The molecule has 0 aliphatic carbocycles. The molecule has 0 aliphatic heterocycles. The maximum atomic E-state index is 8.66. The molecule has 17 heavy (non-hydrogen) atoms. The van der Waals surface area contributed by atoms with Gasteiger partial charge in [-0.05, 0) is 23.8 Å². The van der Waals surface area contributed by atoms with Gasteiger partial charge in [0.05, 0.1) is 12.5 Å². The van der Waals surface area contributed by atoms with Crippen LogP contribution in [-0.4, -0.2) is 4.98 Å². The summed E-state index contributed by atoms with van der Waals surface area (Å²) in [6, 6.07) is 9.31. The molecule has 1 aromatic heterocycles. The first-order valence-electron chi connectivity index (χ1n) is 4.97. The molecule has 0 saturated carbocycles. The maximum Gasteiger partial charge on any atom is 0.0670 e. The fraction of sp³-hybridized carbons (Fsp3) is 0.0769. The molecule has 0 aliphatic rings. The van der Waals surface area contributed by atoms with Gasteiger partial charge in [0.25, 0.3) is 0 Å². The molecule has 0 saturated heterocycles. The zero-order chi connectivity index (χ0) is 12.3. The Bertz CT molecular complexity index is 568. The van der Waals surface area contributed by atoms with Gasteiger partial charge in [-0.15, -0.1) is 0 Å². The van der Waals surface area contributed by atoms with E-state index in [1.807, 2.05) is 6.07 Å². The number of pyridine rings is 1. The van der Waals surface area contributed by atoms with E-state index in [0.29, 0.717) is 16.5 Å². The molecule has 1 aromatic carbocycles. The summed E-state index contributed by atoms with van der Waals surface area (Å²) in [6.45, 7) is 0. The van der Waals surface area contributed by atoms with Gasteiger partial charge in [-0.2, -0.15) is 5.26 Å². The van der Waals surface area contributed by atoms with Gasteiger partial charge in [0.2, 0.25) is 0 Å². The van der Waals surface area contributed by atoms with E-state index >= 15 is 0 Å². The first kappa shape index (κ1) is 11.9. The summed E-state index contributed by atoms with van der Waals surface area (Å²) in [5.41, 5.74) is 2.43. The number of hydrogen-bond acceptors (Lipinski definition) is 2. The molecular weight excluding hydrogens is 255 g/mol. The largest absolute Gasteiger partial charge is 0.264 e. The van der Waals surface area contributed by atoms with Crippen LogP contribution in [0.15, 0.2) is 36.7 Å². The third-order valence-corrected chi connectivity index (χ3v) is 2.96. The first-order valence-corrected chi connectivity index (χ1v) is 5.73. The Morgan fingerprint density at radius 3 is 2.53 bits per heavy atom. The van der Waals surface area contributed by atoms with Crippen LogP contribution in [0.1, 0.15) is 5.56 Å². The van der Waals surface area contributed by atoms with Crippen molar-refractivity contribution in [1.82, 2.24) is 4.98 Å². The second kappa shape index (κ2) is 5.18. The Kier molecular flexibility index (Phi) is 3.63. The van der Waals surface area contributed by atoms with Gasteiger partial charge in [-0.1, -0.05) is 29.3 Å². The van der Waals surface area contributed by atoms with E-state index in [1.54, 1.807) is 30.6 Å². The molecule has 0 spiro atoms. The molecule has 1 heterocycles. The monoisotopic (exact) mass is 262 g/mol. The molecule has 0 atom stereocenters. The van der Waals surface area contributed by atoms with E-state index in [9.17, 15) is 0 Å². The first-order chi connectivity index (χ1) is 8.22. The summed E-state index contributed by atoms with van der Waals surface area (Å²) in [6.07, 6.45) is 3.67. The van der Waals surface area contributed by atoms with Crippen LogP contribution in [0.2, 0.25) is 10.0 Å². The Labute approximate surface area is 109 Å². The molecule has 0 unspecified atom stereocenters. The average Bonchev–Trinajstić information content (AvgIpc) is 2.30. The van der Waals surface area contributed by atoms with Crippen molar-refractivity contribution in [2.24, 2.45) is 0 Å². The number of nitriles is 1. The zero-order valence-electron chi connectivity index (χ0n) is 8.82. The van der Waals surface area contributed by atoms with Crippen LogP contribution in [0.25, 0.3) is 11.1 Å². The number of aromatic nitrogens is 1. The molecule has 2 rings (SSSR count). The highest BCUT2D eigenvalue weighted by atomic mass is 35.5. The number of benzene rings is 1. The van der Waals surface area contributed by atoms with Gasteiger partial charge in [0, 0.05) is 33.6 Å². The molecular formula is C13H8Cl2N2. The minimum absolute atomic E-state index is 0.322. The molecule has 0 fully saturated rings. The summed E-state index contributed by atoms with van der Waals surface area (Å²) < 4.78 is 0. The van der Waals surface area contributed by atoms with Crippen molar-refractivity contribution in [3.63, 3.8) is 0 Å². The van der Waals surface area contributed by atoms with Crippen LogP contribution >= 0.6 is 23.2 Å². The fourth-order valence-corrected chi connectivity index (χ4v) is 2.20. The Balaban J connectivity index is 2.54. The average molecular weight is 263 g/mol. The Hall–Kier alpha value is -1.56. The van der Waals surface area contributed by atoms with Crippen molar-refractivity contribution in [2.75, 3.05) is 0 Å². The van der Waals surface area contributed by atoms with E-state index in [2.05, 4.69) is 11.1 Å². The SMILES string of the molecule is N#CCc1cncc(-c2c(Cl)cccc2Cl)c1. The predicted molar refractivity (Wildman–Crippen MR) is 69.0 cm³/mol. The normalized spacial score (nSPS) is 9.94. The quantitative estimate of drug-likeness (QED) is 0.817. The fourth-order valence-electron chi connectivity index (χ4n) is 1.59. The van der Waals surface area contributed by atoms with Crippen LogP contribution in [0.4, 0.5) is 0 Å². The number of nitrogens with zero attached hydrogens (tertiary/aromatic N) is 2. The lowest BCUT2D eigenvalue weighted by atomic mass is 10.1. The molecule has 0 radical (unpaired) electrons. The lowest BCUT2D eigenvalue weighted by molar-refractivity contribution is 1.19. The van der Waals surface area contributed by atoms with Crippen molar-refractivity contribution in [3.8, 4) is 17.2 Å². The van der Waals surface area contributed by atoms with Crippen LogP contribution < -0.4 is 0 Å². The van der Waals surface area contributed by atoms with Crippen molar-refractivity contribution >= 4 is 23.2 Å². The molecule has 2 nitrogen and oxygen atoms in total. The van der Waals surface area contributed by atoms with Crippen molar-refractivity contribution in [2.45, 2.75) is 6.42 Å². The second-order valence-corrected chi connectivity index (χ2v) is 4.33. The van der Waals surface area contributed by atoms with Gasteiger partial charge in [0.1, 0.15) is 0 Å². The van der Waals surface area contributed by atoms with Gasteiger partial charge >= 0.3 is 0 Å². The van der Waals surface area contributed by atoms with E-state index in [1.165, 1.54) is 0 Å². The van der Waals surface area contributed by atoms with Gasteiger partial charge in [-0.3, -0.25) is 4.98 Å². The van der Waals surface area contributed by atoms with Gasteiger partial charge in [-0.25, -0.2) is 0 Å². The van der Waals surface area contributed by atoms with Crippen molar-refractivity contribution in [3.05, 3.63) is 52.3 Å². The van der Waals surface area contributed by atoms with E-state index in [-0.39, 0.29) is 0 Å². The molecule has 2 aromatic rings. The Morgan fingerprint density at radius 1 is 1.18 bits per heavy atom. The van der Waals surface area contributed by atoms with Crippen LogP contribution in [0.5, 0.6) is 0 Å². The smallest absolute Gasteiger partial charge is 0.0670 e. The minimum atomic E-state index is 0.322. The topological polar surface area (TPSA) is 36.7 Å². The van der Waals surface area contributed by atoms with Crippen LogP contribution in [-0.2, 0) is 6.42 Å². The van der Waals surface area contributed by atoms with Crippen molar-refractivity contribution in [1.29, 1.82) is 5.26 Å². The number of hydrogen-bond donors (Lipinski definition) is 0. The van der Waals surface area contributed by atoms with E-state index in [0.717, 1.165) is 16.7 Å². The summed E-state index contributed by atoms with van der Waals surface area (Å²) in [7, 11) is 0. The van der Waals surface area contributed by atoms with E-state index in [4.69, 9.17) is 28.5 Å². The summed E-state index contributed by atoms with van der Waals surface area (Å²) in [4.78, 5) is 4.09. The third kappa shape index (κ3) is 2.58. The molecule has 0 bridgehead atoms. The van der Waals surface area contributed by atoms with E-state index < -0.39 is 0 Å². The highest BCUT2D eigenvalue weighted by molar-refractivity contribution is 6.39. The molecule has 0 amide bonds. The summed E-state index contributed by atoms with van der Waals surface area (Å²) >= 11 is 12.2. The zero-order valence-corrected chi connectivity index (χ0v) is 10.3. The third-order valence-electron chi connectivity index (χ3n) is 2.33. The van der Waals surface area contributed by atoms with Gasteiger partial charge in [0.15, 0.2) is 0 Å². The van der Waals surface area contributed by atoms with Crippen LogP contribution in [0, 0.1) is 11.3 Å². The molecule has 84 valence electrons. The lowest BCUT2D eigenvalue weighted by Gasteiger charge is -2.07. The predicted octanol–water partition coefficient (Wildman–Crippen LogP) is 4.12. The van der Waals surface area contributed by atoms with Gasteiger partial charge < -0.3 is 0 Å². The maximum absolute atomic E-state index is 8.66. The number of rotatable bonds is 2. The second-order valence-electron chi connectivity index (χ2n) is 3.51. The Morgan fingerprint density at radius 2 is 1.88 bits per heavy atom. The molecule has 4 heteroatoms. The standard InChI is InChI=1S/C13H8Cl2N2/c14-11-2-1-3-12(15)13(11)10-6-9(4-5-16)7-17-8-10/h1-3,6-8H,4H2. The van der Waals surface area contributed by atoms with Crippen molar-refractivity contribution < 1.29 is 0 Å². The van der Waals surface area contributed by atoms with Crippen LogP contribution in [0.3, 0.4) is 0 Å².